The second-order valence-corrected chi connectivity index (χ2v) is 9.80. The number of carbonyl (C=O) groups excluding carboxylic acids is 1. The first-order valence-corrected chi connectivity index (χ1v) is 12.1. The fourth-order valence-electron chi connectivity index (χ4n) is 5.88. The number of aromatic nitrogens is 1. The molecule has 2 atom stereocenters. The smallest absolute Gasteiger partial charge is 0.161 e. The predicted molar refractivity (Wildman–Crippen MR) is 121 cm³/mol. The van der Waals surface area contributed by atoms with E-state index < -0.39 is 0 Å². The highest BCUT2D eigenvalue weighted by Crippen LogP contribution is 2.38. The van der Waals surface area contributed by atoms with E-state index >= 15 is 0 Å². The molecule has 2 aromatic rings. The molecule has 0 amide bonds. The molecule has 3 fully saturated rings. The molecule has 0 radical (unpaired) electrons. The summed E-state index contributed by atoms with van der Waals surface area (Å²) in [5.74, 6) is 1.04. The first kappa shape index (κ1) is 20.3. The van der Waals surface area contributed by atoms with Crippen LogP contribution in [0.15, 0.2) is 24.4 Å². The number of ketones is 1. The first-order valence-electron chi connectivity index (χ1n) is 12.1. The number of nitrogens with zero attached hydrogens (tertiary/aromatic N) is 2. The van der Waals surface area contributed by atoms with E-state index in [2.05, 4.69) is 40.8 Å². The third kappa shape index (κ3) is 3.97. The minimum Gasteiger partial charge on any atom is -0.378 e. The average Bonchev–Trinajstić information content (AvgIpc) is 3.46. The number of rotatable bonds is 9. The summed E-state index contributed by atoms with van der Waals surface area (Å²) in [7, 11) is 0. The van der Waals surface area contributed by atoms with Gasteiger partial charge in [0.25, 0.3) is 0 Å². The molecule has 3 heterocycles. The van der Waals surface area contributed by atoms with Crippen molar-refractivity contribution in [2.24, 2.45) is 5.92 Å². The molecule has 2 aliphatic heterocycles. The Balaban J connectivity index is 1.22. The molecule has 0 spiro atoms. The van der Waals surface area contributed by atoms with Crippen LogP contribution in [0.2, 0.25) is 0 Å². The van der Waals surface area contributed by atoms with E-state index in [1.807, 2.05) is 0 Å². The van der Waals surface area contributed by atoms with Crippen molar-refractivity contribution in [3.05, 3.63) is 35.5 Å². The average molecular weight is 409 g/mol. The van der Waals surface area contributed by atoms with Crippen LogP contribution in [-0.4, -0.2) is 46.6 Å². The van der Waals surface area contributed by atoms with Crippen molar-refractivity contribution in [3.63, 3.8) is 0 Å². The lowest BCUT2D eigenvalue weighted by molar-refractivity contribution is -0.0241. The minimum absolute atomic E-state index is 0.172. The van der Waals surface area contributed by atoms with Crippen LogP contribution in [-0.2, 0) is 17.7 Å². The van der Waals surface area contributed by atoms with E-state index in [1.165, 1.54) is 55.0 Å². The summed E-state index contributed by atoms with van der Waals surface area (Å²) in [6, 6.07) is 7.90. The van der Waals surface area contributed by atoms with Crippen molar-refractivity contribution in [1.29, 1.82) is 0 Å². The number of carbonyl (C=O) groups is 1. The van der Waals surface area contributed by atoms with Crippen LogP contribution in [0, 0.1) is 5.92 Å². The van der Waals surface area contributed by atoms with Gasteiger partial charge in [-0.1, -0.05) is 19.1 Å². The Bertz CT molecular complexity index is 899. The molecule has 2 unspecified atom stereocenters. The van der Waals surface area contributed by atoms with Crippen LogP contribution in [0.25, 0.3) is 10.9 Å². The molecule has 1 aromatic heterocycles. The molecular weight excluding hydrogens is 372 g/mol. The van der Waals surface area contributed by atoms with Crippen molar-refractivity contribution < 1.29 is 9.53 Å². The standard InChI is InChI=1S/C26H36N2O2/c1-3-20-6-4-7-25-26(20)24(18(2)29)16-27(25)12-5-13-28-21-10-11-22(28)15-23(14-21)30-17-19-8-9-19/h4,6-7,16,19,21-23H,3,5,8-15,17H2,1-2H3. The summed E-state index contributed by atoms with van der Waals surface area (Å²) < 4.78 is 8.56. The summed E-state index contributed by atoms with van der Waals surface area (Å²) in [6.45, 7) is 7.01. The van der Waals surface area contributed by atoms with Crippen molar-refractivity contribution >= 4 is 16.7 Å². The fourth-order valence-corrected chi connectivity index (χ4v) is 5.88. The number of aryl methyl sites for hydroxylation is 2. The molecule has 1 aromatic carbocycles. The second kappa shape index (κ2) is 8.47. The molecule has 3 aliphatic rings. The van der Waals surface area contributed by atoms with E-state index in [1.54, 1.807) is 6.92 Å². The van der Waals surface area contributed by atoms with E-state index in [-0.39, 0.29) is 5.78 Å². The van der Waals surface area contributed by atoms with Gasteiger partial charge in [0.05, 0.1) is 6.10 Å². The van der Waals surface area contributed by atoms with Gasteiger partial charge in [-0.2, -0.15) is 0 Å². The quantitative estimate of drug-likeness (QED) is 0.534. The molecule has 2 bridgehead atoms. The van der Waals surface area contributed by atoms with Crippen molar-refractivity contribution in [2.45, 2.75) is 89.9 Å². The minimum atomic E-state index is 0.172. The number of benzene rings is 1. The Morgan fingerprint density at radius 3 is 2.53 bits per heavy atom. The Labute approximate surface area is 180 Å². The molecule has 162 valence electrons. The SMILES string of the molecule is CCc1cccc2c1c(C(C)=O)cn2CCCN1C2CCC1CC(OCC1CC1)C2. The third-order valence-electron chi connectivity index (χ3n) is 7.67. The van der Waals surface area contributed by atoms with Crippen molar-refractivity contribution in [1.82, 2.24) is 9.47 Å². The molecular formula is C26H36N2O2. The number of ether oxygens (including phenoxy) is 1. The lowest BCUT2D eigenvalue weighted by Crippen LogP contribution is -2.46. The summed E-state index contributed by atoms with van der Waals surface area (Å²) in [4.78, 5) is 15.0. The zero-order chi connectivity index (χ0) is 20.7. The van der Waals surface area contributed by atoms with Crippen molar-refractivity contribution in [3.8, 4) is 0 Å². The van der Waals surface area contributed by atoms with E-state index in [4.69, 9.17) is 4.74 Å². The van der Waals surface area contributed by atoms with Gasteiger partial charge in [-0.25, -0.2) is 0 Å². The number of piperidine rings is 1. The van der Waals surface area contributed by atoms with Crippen LogP contribution in [0.1, 0.15) is 74.7 Å². The first-order chi connectivity index (χ1) is 14.6. The predicted octanol–water partition coefficient (Wildman–Crippen LogP) is 5.22. The van der Waals surface area contributed by atoms with Gasteiger partial charge in [-0.15, -0.1) is 0 Å². The highest BCUT2D eigenvalue weighted by atomic mass is 16.5. The molecule has 0 N–H and O–H groups in total. The zero-order valence-electron chi connectivity index (χ0n) is 18.6. The van der Waals surface area contributed by atoms with Gasteiger partial charge in [0.1, 0.15) is 0 Å². The topological polar surface area (TPSA) is 34.5 Å². The third-order valence-corrected chi connectivity index (χ3v) is 7.67. The second-order valence-electron chi connectivity index (χ2n) is 9.80. The Morgan fingerprint density at radius 1 is 1.10 bits per heavy atom. The molecule has 1 saturated carbocycles. The van der Waals surface area contributed by atoms with Crippen LogP contribution < -0.4 is 0 Å². The van der Waals surface area contributed by atoms with Crippen LogP contribution >= 0.6 is 0 Å². The van der Waals surface area contributed by atoms with Gasteiger partial charge in [0.2, 0.25) is 0 Å². The Kier molecular flexibility index (Phi) is 5.72. The van der Waals surface area contributed by atoms with Gasteiger partial charge < -0.3 is 9.30 Å². The number of fused-ring (bicyclic) bond motifs is 3. The van der Waals surface area contributed by atoms with Gasteiger partial charge in [0.15, 0.2) is 5.78 Å². The molecule has 5 rings (SSSR count). The van der Waals surface area contributed by atoms with E-state index in [0.29, 0.717) is 18.2 Å². The van der Waals surface area contributed by atoms with Gasteiger partial charge in [-0.3, -0.25) is 9.69 Å². The van der Waals surface area contributed by atoms with E-state index in [9.17, 15) is 4.79 Å². The normalized spacial score (nSPS) is 26.5. The van der Waals surface area contributed by atoms with Crippen LogP contribution in [0.5, 0.6) is 0 Å². The maximum atomic E-state index is 12.3. The number of hydrogen-bond acceptors (Lipinski definition) is 3. The summed E-state index contributed by atoms with van der Waals surface area (Å²) >= 11 is 0. The van der Waals surface area contributed by atoms with Crippen molar-refractivity contribution in [2.75, 3.05) is 13.2 Å². The highest BCUT2D eigenvalue weighted by molar-refractivity contribution is 6.08. The molecule has 30 heavy (non-hydrogen) atoms. The lowest BCUT2D eigenvalue weighted by atomic mass is 9.99. The largest absolute Gasteiger partial charge is 0.378 e. The molecule has 2 saturated heterocycles. The molecule has 4 heteroatoms. The zero-order valence-corrected chi connectivity index (χ0v) is 18.6. The fraction of sp³-hybridized carbons (Fsp3) is 0.654. The summed E-state index contributed by atoms with van der Waals surface area (Å²) in [5, 5.41) is 1.17. The Hall–Kier alpha value is -1.65. The van der Waals surface area contributed by atoms with Crippen LogP contribution in [0.3, 0.4) is 0 Å². The lowest BCUT2D eigenvalue weighted by Gasteiger charge is -2.39. The van der Waals surface area contributed by atoms with Gasteiger partial charge >= 0.3 is 0 Å². The highest BCUT2D eigenvalue weighted by Gasteiger charge is 2.41. The monoisotopic (exact) mass is 408 g/mol. The maximum Gasteiger partial charge on any atom is 0.161 e. The molecule has 4 nitrogen and oxygen atoms in total. The number of hydrogen-bond donors (Lipinski definition) is 0. The van der Waals surface area contributed by atoms with Crippen LogP contribution in [0.4, 0.5) is 0 Å². The summed E-state index contributed by atoms with van der Waals surface area (Å²) in [6.07, 6.45) is 12.6. The van der Waals surface area contributed by atoms with Gasteiger partial charge in [0, 0.05) is 54.4 Å². The molecule has 1 aliphatic carbocycles. The number of Topliss-reactive ketones (excluding diaryl/α,β-unsaturated/α-hetero) is 1. The maximum absolute atomic E-state index is 12.3. The van der Waals surface area contributed by atoms with E-state index in [0.717, 1.165) is 44.0 Å². The Morgan fingerprint density at radius 2 is 1.87 bits per heavy atom. The van der Waals surface area contributed by atoms with Gasteiger partial charge in [-0.05, 0) is 75.8 Å². The summed E-state index contributed by atoms with van der Waals surface area (Å²) in [5.41, 5.74) is 3.38.